The zero-order chi connectivity index (χ0) is 13.0. The summed E-state index contributed by atoms with van der Waals surface area (Å²) >= 11 is 0. The maximum Gasteiger partial charge on any atom is 0.387 e. The molecule has 2 rings (SSSR count). The summed E-state index contributed by atoms with van der Waals surface area (Å²) in [6.07, 6.45) is 2.98. The Balaban J connectivity index is 2.00. The Bertz CT molecular complexity index is 381. The maximum absolute atomic E-state index is 12.1. The molecule has 2 heterocycles. The standard InChI is InChI=1S/C12H17F2N3O/c1-2-16-3-5-17(6-4-16)10-7-11(9-15-8-10)18-12(13)14/h7-9,12H,2-6H2,1H3. The fourth-order valence-corrected chi connectivity index (χ4v) is 2.07. The quantitative estimate of drug-likeness (QED) is 0.822. The van der Waals surface area contributed by atoms with Gasteiger partial charge in [0.1, 0.15) is 5.75 Å². The predicted molar refractivity (Wildman–Crippen MR) is 65.2 cm³/mol. The van der Waals surface area contributed by atoms with Crippen LogP contribution in [-0.2, 0) is 0 Å². The molecule has 0 radical (unpaired) electrons. The summed E-state index contributed by atoms with van der Waals surface area (Å²) in [7, 11) is 0. The first-order valence-electron chi connectivity index (χ1n) is 6.06. The van der Waals surface area contributed by atoms with E-state index in [2.05, 4.69) is 26.4 Å². The molecule has 1 aliphatic rings. The molecule has 1 aliphatic heterocycles. The summed E-state index contributed by atoms with van der Waals surface area (Å²) in [5, 5.41) is 0. The van der Waals surface area contributed by atoms with E-state index >= 15 is 0 Å². The molecule has 0 N–H and O–H groups in total. The molecule has 0 unspecified atom stereocenters. The molecule has 0 spiro atoms. The molecule has 1 aromatic rings. The average molecular weight is 257 g/mol. The lowest BCUT2D eigenvalue weighted by Crippen LogP contribution is -2.46. The number of hydrogen-bond donors (Lipinski definition) is 0. The first-order chi connectivity index (χ1) is 8.69. The Labute approximate surface area is 105 Å². The third-order valence-corrected chi connectivity index (χ3v) is 3.11. The number of ether oxygens (including phenoxy) is 1. The van der Waals surface area contributed by atoms with E-state index in [1.54, 1.807) is 12.3 Å². The van der Waals surface area contributed by atoms with Crippen LogP contribution in [0, 0.1) is 0 Å². The number of halogens is 2. The lowest BCUT2D eigenvalue weighted by atomic mass is 10.2. The minimum absolute atomic E-state index is 0.112. The van der Waals surface area contributed by atoms with Crippen LogP contribution < -0.4 is 9.64 Å². The zero-order valence-electron chi connectivity index (χ0n) is 10.4. The first kappa shape index (κ1) is 13.0. The number of pyridine rings is 1. The summed E-state index contributed by atoms with van der Waals surface area (Å²) < 4.78 is 28.6. The highest BCUT2D eigenvalue weighted by molar-refractivity contribution is 5.48. The molecule has 1 fully saturated rings. The van der Waals surface area contributed by atoms with Crippen molar-refractivity contribution in [2.24, 2.45) is 0 Å². The third-order valence-electron chi connectivity index (χ3n) is 3.11. The van der Waals surface area contributed by atoms with Crippen LogP contribution in [0.15, 0.2) is 18.5 Å². The van der Waals surface area contributed by atoms with Gasteiger partial charge in [-0.2, -0.15) is 8.78 Å². The topological polar surface area (TPSA) is 28.6 Å². The van der Waals surface area contributed by atoms with Gasteiger partial charge < -0.3 is 14.5 Å². The molecule has 100 valence electrons. The lowest BCUT2D eigenvalue weighted by Gasteiger charge is -2.35. The molecule has 6 heteroatoms. The van der Waals surface area contributed by atoms with Crippen LogP contribution in [0.2, 0.25) is 0 Å². The average Bonchev–Trinajstić information content (AvgIpc) is 2.38. The van der Waals surface area contributed by atoms with Crippen LogP contribution >= 0.6 is 0 Å². The number of hydrogen-bond acceptors (Lipinski definition) is 4. The van der Waals surface area contributed by atoms with Gasteiger partial charge in [0, 0.05) is 32.2 Å². The van der Waals surface area contributed by atoms with Crippen molar-refractivity contribution in [1.29, 1.82) is 0 Å². The van der Waals surface area contributed by atoms with Gasteiger partial charge in [0.2, 0.25) is 0 Å². The van der Waals surface area contributed by atoms with Crippen LogP contribution in [0.3, 0.4) is 0 Å². The number of alkyl halides is 2. The van der Waals surface area contributed by atoms with E-state index in [1.165, 1.54) is 6.20 Å². The third kappa shape index (κ3) is 3.29. The van der Waals surface area contributed by atoms with Crippen molar-refractivity contribution in [1.82, 2.24) is 9.88 Å². The van der Waals surface area contributed by atoms with Crippen molar-refractivity contribution in [3.05, 3.63) is 18.5 Å². The Morgan fingerprint density at radius 3 is 2.61 bits per heavy atom. The lowest BCUT2D eigenvalue weighted by molar-refractivity contribution is -0.0500. The fourth-order valence-electron chi connectivity index (χ4n) is 2.07. The second kappa shape index (κ2) is 5.95. The molecular weight excluding hydrogens is 240 g/mol. The number of likely N-dealkylation sites (N-methyl/N-ethyl adjacent to an activating group) is 1. The van der Waals surface area contributed by atoms with Crippen LogP contribution in [0.1, 0.15) is 6.92 Å². The number of nitrogens with zero attached hydrogens (tertiary/aromatic N) is 3. The highest BCUT2D eigenvalue weighted by Crippen LogP contribution is 2.21. The molecule has 4 nitrogen and oxygen atoms in total. The van der Waals surface area contributed by atoms with Gasteiger partial charge in [0.15, 0.2) is 0 Å². The van der Waals surface area contributed by atoms with E-state index < -0.39 is 6.61 Å². The van der Waals surface area contributed by atoms with Crippen molar-refractivity contribution in [2.75, 3.05) is 37.6 Å². The summed E-state index contributed by atoms with van der Waals surface area (Å²) in [6, 6.07) is 1.61. The van der Waals surface area contributed by atoms with E-state index in [0.29, 0.717) is 0 Å². The highest BCUT2D eigenvalue weighted by atomic mass is 19.3. The van der Waals surface area contributed by atoms with E-state index in [4.69, 9.17) is 0 Å². The molecular formula is C12H17F2N3O. The van der Waals surface area contributed by atoms with Crippen LogP contribution in [0.25, 0.3) is 0 Å². The van der Waals surface area contributed by atoms with E-state index in [1.807, 2.05) is 0 Å². The Kier molecular flexibility index (Phi) is 4.30. The smallest absolute Gasteiger partial charge is 0.387 e. The van der Waals surface area contributed by atoms with E-state index in [9.17, 15) is 8.78 Å². The first-order valence-corrected chi connectivity index (χ1v) is 6.06. The summed E-state index contributed by atoms with van der Waals surface area (Å²) in [5.41, 5.74) is 0.837. The minimum Gasteiger partial charge on any atom is -0.433 e. The zero-order valence-corrected chi connectivity index (χ0v) is 10.4. The summed E-state index contributed by atoms with van der Waals surface area (Å²) in [5.74, 6) is 0.112. The second-order valence-electron chi connectivity index (χ2n) is 4.18. The van der Waals surface area contributed by atoms with Crippen LogP contribution in [-0.4, -0.2) is 49.2 Å². The molecule has 0 bridgehead atoms. The predicted octanol–water partition coefficient (Wildman–Crippen LogP) is 1.82. The van der Waals surface area contributed by atoms with Crippen molar-refractivity contribution in [3.8, 4) is 5.75 Å². The second-order valence-corrected chi connectivity index (χ2v) is 4.18. The van der Waals surface area contributed by atoms with Crippen molar-refractivity contribution >= 4 is 5.69 Å². The number of piperazine rings is 1. The number of anilines is 1. The SMILES string of the molecule is CCN1CCN(c2cncc(OC(F)F)c2)CC1. The van der Waals surface area contributed by atoms with Gasteiger partial charge in [0.25, 0.3) is 0 Å². The summed E-state index contributed by atoms with van der Waals surface area (Å²) in [6.45, 7) is 4.10. The Morgan fingerprint density at radius 1 is 1.28 bits per heavy atom. The van der Waals surface area contributed by atoms with Gasteiger partial charge in [-0.05, 0) is 6.54 Å². The number of aromatic nitrogens is 1. The molecule has 0 aromatic carbocycles. The van der Waals surface area contributed by atoms with Gasteiger partial charge >= 0.3 is 6.61 Å². The maximum atomic E-state index is 12.1. The molecule has 18 heavy (non-hydrogen) atoms. The highest BCUT2D eigenvalue weighted by Gasteiger charge is 2.16. The molecule has 0 amide bonds. The molecule has 0 atom stereocenters. The Hall–Kier alpha value is -1.43. The van der Waals surface area contributed by atoms with Crippen LogP contribution in [0.5, 0.6) is 5.75 Å². The normalized spacial score (nSPS) is 17.2. The monoisotopic (exact) mass is 257 g/mol. The van der Waals surface area contributed by atoms with Crippen molar-refractivity contribution in [3.63, 3.8) is 0 Å². The molecule has 0 aliphatic carbocycles. The van der Waals surface area contributed by atoms with Gasteiger partial charge in [-0.3, -0.25) is 4.98 Å². The molecule has 1 aromatic heterocycles. The van der Waals surface area contributed by atoms with Crippen molar-refractivity contribution < 1.29 is 13.5 Å². The van der Waals surface area contributed by atoms with Gasteiger partial charge in [0.05, 0.1) is 18.1 Å². The van der Waals surface area contributed by atoms with Gasteiger partial charge in [-0.15, -0.1) is 0 Å². The number of rotatable bonds is 4. The Morgan fingerprint density at radius 2 is 2.00 bits per heavy atom. The van der Waals surface area contributed by atoms with E-state index in [0.717, 1.165) is 38.4 Å². The minimum atomic E-state index is -2.81. The molecule has 1 saturated heterocycles. The van der Waals surface area contributed by atoms with Crippen molar-refractivity contribution in [2.45, 2.75) is 13.5 Å². The largest absolute Gasteiger partial charge is 0.433 e. The van der Waals surface area contributed by atoms with E-state index in [-0.39, 0.29) is 5.75 Å². The van der Waals surface area contributed by atoms with Gasteiger partial charge in [-0.1, -0.05) is 6.92 Å². The summed E-state index contributed by atoms with van der Waals surface area (Å²) in [4.78, 5) is 8.43. The van der Waals surface area contributed by atoms with Gasteiger partial charge in [-0.25, -0.2) is 0 Å². The van der Waals surface area contributed by atoms with Crippen LogP contribution in [0.4, 0.5) is 14.5 Å². The molecule has 0 saturated carbocycles. The fraction of sp³-hybridized carbons (Fsp3) is 0.583.